The molecule has 168 valence electrons. The Morgan fingerprint density at radius 2 is 2.03 bits per heavy atom. The lowest BCUT2D eigenvalue weighted by Crippen LogP contribution is -2.35. The highest BCUT2D eigenvalue weighted by molar-refractivity contribution is 5.87. The van der Waals surface area contributed by atoms with Crippen molar-refractivity contribution in [2.75, 3.05) is 18.9 Å². The van der Waals surface area contributed by atoms with Gasteiger partial charge in [0, 0.05) is 50.5 Å². The van der Waals surface area contributed by atoms with Crippen molar-refractivity contribution in [1.82, 2.24) is 29.8 Å². The van der Waals surface area contributed by atoms with Crippen LogP contribution in [0.3, 0.4) is 0 Å². The van der Waals surface area contributed by atoms with E-state index in [2.05, 4.69) is 25.5 Å². The molecule has 0 bridgehead atoms. The number of likely N-dealkylation sites (tertiary alicyclic amines) is 1. The maximum absolute atomic E-state index is 14.6. The molecule has 0 radical (unpaired) electrons. The number of rotatable bonds is 5. The fourth-order valence-electron chi connectivity index (χ4n) is 3.76. The maximum Gasteiger partial charge on any atom is 0.262 e. The van der Waals surface area contributed by atoms with Crippen LogP contribution in [-0.2, 0) is 17.4 Å². The molecule has 1 aliphatic heterocycles. The lowest BCUT2D eigenvalue weighted by molar-refractivity contribution is -0.144. The average Bonchev–Trinajstić information content (AvgIpc) is 3.53. The van der Waals surface area contributed by atoms with E-state index in [0.717, 1.165) is 6.20 Å². The summed E-state index contributed by atoms with van der Waals surface area (Å²) in [5.41, 5.74) is 0.567. The van der Waals surface area contributed by atoms with Gasteiger partial charge < -0.3 is 19.8 Å². The van der Waals surface area contributed by atoms with E-state index in [-0.39, 0.29) is 23.8 Å². The van der Waals surface area contributed by atoms with Crippen LogP contribution in [0.5, 0.6) is 0 Å². The number of anilines is 2. The van der Waals surface area contributed by atoms with E-state index in [9.17, 15) is 14.3 Å². The number of aryl methyl sites for hydroxylation is 1. The minimum Gasteiger partial charge on any atom is -0.373 e. The van der Waals surface area contributed by atoms with Crippen LogP contribution >= 0.6 is 0 Å². The van der Waals surface area contributed by atoms with Gasteiger partial charge in [-0.1, -0.05) is 23.4 Å². The predicted octanol–water partition coefficient (Wildman–Crippen LogP) is 2.46. The zero-order valence-corrected chi connectivity index (χ0v) is 17.9. The molecule has 1 fully saturated rings. The Kier molecular flexibility index (Phi) is 4.90. The molecule has 0 aliphatic carbocycles. The van der Waals surface area contributed by atoms with Crippen LogP contribution in [0.15, 0.2) is 53.4 Å². The van der Waals surface area contributed by atoms with Crippen LogP contribution in [0.25, 0.3) is 22.5 Å². The first kappa shape index (κ1) is 20.8. The number of carbonyl (C=O) groups is 1. The van der Waals surface area contributed by atoms with Crippen LogP contribution in [0, 0.1) is 5.82 Å². The van der Waals surface area contributed by atoms with Crippen molar-refractivity contribution in [2.24, 2.45) is 7.05 Å². The van der Waals surface area contributed by atoms with E-state index in [1.54, 1.807) is 55.4 Å². The van der Waals surface area contributed by atoms with Crippen molar-refractivity contribution in [1.29, 1.82) is 0 Å². The zero-order chi connectivity index (χ0) is 23.2. The smallest absolute Gasteiger partial charge is 0.262 e. The zero-order valence-electron chi connectivity index (χ0n) is 17.9. The predicted molar refractivity (Wildman–Crippen MR) is 116 cm³/mol. The van der Waals surface area contributed by atoms with Crippen molar-refractivity contribution in [3.63, 3.8) is 0 Å². The molecule has 1 saturated heterocycles. The number of amides is 1. The highest BCUT2D eigenvalue weighted by Gasteiger charge is 2.48. The fraction of sp³-hybridized carbons (Fsp3) is 0.227. The van der Waals surface area contributed by atoms with E-state index in [4.69, 9.17) is 4.52 Å². The lowest BCUT2D eigenvalue weighted by Gasteiger charge is -2.16. The number of benzene rings is 1. The molecule has 10 nitrogen and oxygen atoms in total. The molecule has 1 aliphatic rings. The Morgan fingerprint density at radius 1 is 1.21 bits per heavy atom. The summed E-state index contributed by atoms with van der Waals surface area (Å²) in [6.07, 6.45) is 4.67. The van der Waals surface area contributed by atoms with Gasteiger partial charge in [-0.3, -0.25) is 9.48 Å². The fourth-order valence-corrected chi connectivity index (χ4v) is 3.76. The van der Waals surface area contributed by atoms with Crippen LogP contribution < -0.4 is 5.32 Å². The average molecular weight is 449 g/mol. The molecule has 4 heterocycles. The second kappa shape index (κ2) is 7.78. The Bertz CT molecular complexity index is 1350. The van der Waals surface area contributed by atoms with E-state index in [1.165, 1.54) is 11.0 Å². The molecule has 1 aromatic carbocycles. The molecule has 1 unspecified atom stereocenters. The van der Waals surface area contributed by atoms with E-state index in [1.807, 2.05) is 0 Å². The SMILES string of the molecule is CN1CCC(O)(c2cc(-c3cccc(-c4nc(Nc5cnn(C)c5)ncc4F)c3)no2)C1=O. The minimum atomic E-state index is -1.73. The molecular formula is C22H20FN7O3. The van der Waals surface area contributed by atoms with E-state index < -0.39 is 17.3 Å². The standard InChI is InChI=1S/C22H20FN7O3/c1-29-7-6-22(32,20(29)31)18-9-17(28-33-18)13-4-3-5-14(8-13)19-16(23)11-24-21(27-19)26-15-10-25-30(2)12-15/h3-5,8-12,32H,6-7H2,1-2H3,(H,24,26,27). The quantitative estimate of drug-likeness (QED) is 0.477. The number of aromatic nitrogens is 5. The van der Waals surface area contributed by atoms with Crippen LogP contribution in [0.1, 0.15) is 12.2 Å². The summed E-state index contributed by atoms with van der Waals surface area (Å²) in [4.78, 5) is 22.1. The monoisotopic (exact) mass is 449 g/mol. The first-order valence-electron chi connectivity index (χ1n) is 10.2. The molecule has 33 heavy (non-hydrogen) atoms. The Labute approximate surface area is 187 Å². The van der Waals surface area contributed by atoms with Crippen LogP contribution in [0.2, 0.25) is 0 Å². The number of hydrogen-bond acceptors (Lipinski definition) is 8. The molecule has 0 saturated carbocycles. The summed E-state index contributed by atoms with van der Waals surface area (Å²) in [6.45, 7) is 0.420. The molecule has 0 spiro atoms. The van der Waals surface area contributed by atoms with Gasteiger partial charge in [0.2, 0.25) is 11.5 Å². The summed E-state index contributed by atoms with van der Waals surface area (Å²) in [6, 6.07) is 8.45. The van der Waals surface area contributed by atoms with Gasteiger partial charge in [0.1, 0.15) is 11.4 Å². The van der Waals surface area contributed by atoms with Gasteiger partial charge in [-0.25, -0.2) is 14.4 Å². The van der Waals surface area contributed by atoms with Gasteiger partial charge in [0.15, 0.2) is 11.6 Å². The van der Waals surface area contributed by atoms with Crippen LogP contribution in [0.4, 0.5) is 16.0 Å². The molecule has 3 aromatic heterocycles. The molecule has 1 atom stereocenters. The molecule has 4 aromatic rings. The Balaban J connectivity index is 1.45. The van der Waals surface area contributed by atoms with Crippen LogP contribution in [-0.4, -0.2) is 54.4 Å². The molecule has 11 heteroatoms. The number of hydrogen-bond donors (Lipinski definition) is 2. The lowest BCUT2D eigenvalue weighted by atomic mass is 9.97. The van der Waals surface area contributed by atoms with Gasteiger partial charge in [0.25, 0.3) is 5.91 Å². The summed E-state index contributed by atoms with van der Waals surface area (Å²) < 4.78 is 21.5. The highest BCUT2D eigenvalue weighted by atomic mass is 19.1. The minimum absolute atomic E-state index is 0.0772. The molecule has 1 amide bonds. The second-order valence-electron chi connectivity index (χ2n) is 7.91. The summed E-state index contributed by atoms with van der Waals surface area (Å²) >= 11 is 0. The number of aliphatic hydroxyl groups is 1. The van der Waals surface area contributed by atoms with Crippen molar-refractivity contribution in [3.8, 4) is 22.5 Å². The number of carbonyl (C=O) groups excluding carboxylic acids is 1. The van der Waals surface area contributed by atoms with Gasteiger partial charge >= 0.3 is 0 Å². The van der Waals surface area contributed by atoms with Crippen molar-refractivity contribution in [3.05, 3.63) is 60.5 Å². The first-order chi connectivity index (χ1) is 15.8. The number of likely N-dealkylation sites (N-methyl/N-ethyl adjacent to an activating group) is 1. The van der Waals surface area contributed by atoms with Gasteiger partial charge in [-0.15, -0.1) is 0 Å². The number of nitrogens with one attached hydrogen (secondary N) is 1. The third kappa shape index (κ3) is 3.72. The van der Waals surface area contributed by atoms with Crippen molar-refractivity contribution in [2.45, 2.75) is 12.0 Å². The molecule has 5 rings (SSSR count). The summed E-state index contributed by atoms with van der Waals surface area (Å²) in [5, 5.41) is 21.9. The molecule has 2 N–H and O–H groups in total. The van der Waals surface area contributed by atoms with Gasteiger partial charge in [-0.05, 0) is 6.07 Å². The third-order valence-corrected chi connectivity index (χ3v) is 5.56. The highest BCUT2D eigenvalue weighted by Crippen LogP contribution is 2.35. The normalized spacial score (nSPS) is 18.2. The maximum atomic E-state index is 14.6. The number of nitrogens with zero attached hydrogens (tertiary/aromatic N) is 6. The van der Waals surface area contributed by atoms with Gasteiger partial charge in [-0.2, -0.15) is 5.10 Å². The van der Waals surface area contributed by atoms with Gasteiger partial charge in [0.05, 0.1) is 18.1 Å². The van der Waals surface area contributed by atoms with E-state index >= 15 is 0 Å². The first-order valence-corrected chi connectivity index (χ1v) is 10.2. The van der Waals surface area contributed by atoms with Crippen molar-refractivity contribution < 1.29 is 18.8 Å². The number of halogens is 1. The summed E-state index contributed by atoms with van der Waals surface area (Å²) in [5.74, 6) is -0.720. The third-order valence-electron chi connectivity index (χ3n) is 5.56. The molecular weight excluding hydrogens is 429 g/mol. The summed E-state index contributed by atoms with van der Waals surface area (Å²) in [7, 11) is 3.40. The Hall–Kier alpha value is -4.12. The largest absolute Gasteiger partial charge is 0.373 e. The topological polar surface area (TPSA) is 122 Å². The van der Waals surface area contributed by atoms with Crippen molar-refractivity contribution >= 4 is 17.5 Å². The van der Waals surface area contributed by atoms with E-state index in [0.29, 0.717) is 29.1 Å². The Morgan fingerprint density at radius 3 is 2.76 bits per heavy atom. The second-order valence-corrected chi connectivity index (χ2v) is 7.91.